The van der Waals surface area contributed by atoms with Gasteiger partial charge in [0.15, 0.2) is 0 Å². The molecule has 0 bridgehead atoms. The van der Waals surface area contributed by atoms with Crippen molar-refractivity contribution in [2.45, 2.75) is 6.42 Å². The Bertz CT molecular complexity index is 755. The molecule has 0 aromatic heterocycles. The second kappa shape index (κ2) is 5.22. The van der Waals surface area contributed by atoms with Crippen LogP contribution in [0, 0.1) is 0 Å². The van der Waals surface area contributed by atoms with E-state index in [2.05, 4.69) is 5.32 Å². The first-order chi connectivity index (χ1) is 10.1. The van der Waals surface area contributed by atoms with Crippen LogP contribution >= 0.6 is 11.6 Å². The summed E-state index contributed by atoms with van der Waals surface area (Å²) in [4.78, 5) is 23.3. The molecule has 0 radical (unpaired) electrons. The minimum absolute atomic E-state index is 0.0329. The Labute approximate surface area is 126 Å². The third kappa shape index (κ3) is 2.38. The number of ether oxygens (including phenoxy) is 1. The molecule has 0 saturated carbocycles. The first-order valence-corrected chi connectivity index (χ1v) is 6.78. The number of anilines is 1. The number of nitrogens with one attached hydrogen (secondary N) is 1. The van der Waals surface area contributed by atoms with E-state index < -0.39 is 5.97 Å². The van der Waals surface area contributed by atoms with E-state index in [-0.39, 0.29) is 5.91 Å². The number of benzene rings is 2. The van der Waals surface area contributed by atoms with E-state index in [1.165, 1.54) is 7.11 Å². The zero-order chi connectivity index (χ0) is 15.0. The largest absolute Gasteiger partial charge is 0.465 e. The maximum Gasteiger partial charge on any atom is 0.338 e. The van der Waals surface area contributed by atoms with Gasteiger partial charge in [-0.15, -0.1) is 0 Å². The smallest absolute Gasteiger partial charge is 0.338 e. The van der Waals surface area contributed by atoms with Gasteiger partial charge in [-0.2, -0.15) is 0 Å². The standard InChI is InChI=1S/C16H12ClNO3/c1-21-16(20)11-3-2-4-12(17)15(11)9-5-6-13-10(7-9)8-14(19)18-13/h2-7H,8H2,1H3,(H,18,19). The summed E-state index contributed by atoms with van der Waals surface area (Å²) in [5.74, 6) is -0.475. The normalized spacial score (nSPS) is 12.8. The number of hydrogen-bond donors (Lipinski definition) is 1. The summed E-state index contributed by atoms with van der Waals surface area (Å²) < 4.78 is 4.80. The minimum atomic E-state index is -0.442. The van der Waals surface area contributed by atoms with E-state index >= 15 is 0 Å². The van der Waals surface area contributed by atoms with Gasteiger partial charge in [-0.05, 0) is 35.4 Å². The number of carbonyl (C=O) groups excluding carboxylic acids is 2. The predicted octanol–water partition coefficient (Wildman–Crippen LogP) is 3.29. The lowest BCUT2D eigenvalue weighted by molar-refractivity contribution is -0.115. The summed E-state index contributed by atoms with van der Waals surface area (Å²) in [5.41, 5.74) is 3.51. The molecule has 0 atom stereocenters. The maximum atomic E-state index is 11.9. The van der Waals surface area contributed by atoms with E-state index in [1.807, 2.05) is 18.2 Å². The van der Waals surface area contributed by atoms with Gasteiger partial charge in [-0.3, -0.25) is 4.79 Å². The molecule has 1 aliphatic heterocycles. The highest BCUT2D eigenvalue weighted by Crippen LogP contribution is 2.35. The molecule has 0 fully saturated rings. The predicted molar refractivity (Wildman–Crippen MR) is 80.6 cm³/mol. The highest BCUT2D eigenvalue weighted by molar-refractivity contribution is 6.34. The fourth-order valence-corrected chi connectivity index (χ4v) is 2.77. The molecular formula is C16H12ClNO3. The zero-order valence-corrected chi connectivity index (χ0v) is 12.0. The Hall–Kier alpha value is -2.33. The zero-order valence-electron chi connectivity index (χ0n) is 11.3. The van der Waals surface area contributed by atoms with Gasteiger partial charge in [-0.1, -0.05) is 23.7 Å². The topological polar surface area (TPSA) is 55.4 Å². The molecule has 1 heterocycles. The fraction of sp³-hybridized carbons (Fsp3) is 0.125. The van der Waals surface area contributed by atoms with E-state index in [4.69, 9.17) is 16.3 Å². The lowest BCUT2D eigenvalue weighted by Gasteiger charge is -2.11. The SMILES string of the molecule is COC(=O)c1cccc(Cl)c1-c1ccc2c(c1)CC(=O)N2. The van der Waals surface area contributed by atoms with Crippen LogP contribution < -0.4 is 5.32 Å². The number of carbonyl (C=O) groups is 2. The van der Waals surface area contributed by atoms with Gasteiger partial charge >= 0.3 is 5.97 Å². The molecule has 2 aromatic carbocycles. The molecule has 4 nitrogen and oxygen atoms in total. The van der Waals surface area contributed by atoms with E-state index in [9.17, 15) is 9.59 Å². The molecule has 21 heavy (non-hydrogen) atoms. The third-order valence-corrected chi connectivity index (χ3v) is 3.75. The molecule has 1 aliphatic rings. The molecule has 0 aliphatic carbocycles. The van der Waals surface area contributed by atoms with Crippen LogP contribution in [0.3, 0.4) is 0 Å². The second-order valence-corrected chi connectivity index (χ2v) is 5.16. The van der Waals surface area contributed by atoms with Crippen LogP contribution in [0.4, 0.5) is 5.69 Å². The lowest BCUT2D eigenvalue weighted by atomic mass is 9.97. The Morgan fingerprint density at radius 1 is 1.29 bits per heavy atom. The molecule has 0 saturated heterocycles. The summed E-state index contributed by atoms with van der Waals surface area (Å²) in [6.07, 6.45) is 0.335. The number of methoxy groups -OCH3 is 1. The van der Waals surface area contributed by atoms with Crippen LogP contribution in [0.5, 0.6) is 0 Å². The summed E-state index contributed by atoms with van der Waals surface area (Å²) in [7, 11) is 1.33. The van der Waals surface area contributed by atoms with Crippen LogP contribution in [0.25, 0.3) is 11.1 Å². The van der Waals surface area contributed by atoms with Crippen molar-refractivity contribution in [3.8, 4) is 11.1 Å². The quantitative estimate of drug-likeness (QED) is 0.866. The Morgan fingerprint density at radius 2 is 2.10 bits per heavy atom. The Morgan fingerprint density at radius 3 is 2.86 bits per heavy atom. The van der Waals surface area contributed by atoms with Crippen LogP contribution in [0.1, 0.15) is 15.9 Å². The van der Waals surface area contributed by atoms with Gasteiger partial charge in [0.1, 0.15) is 0 Å². The molecule has 0 unspecified atom stereocenters. The molecule has 2 aromatic rings. The molecule has 5 heteroatoms. The Balaban J connectivity index is 2.15. The van der Waals surface area contributed by atoms with Gasteiger partial charge in [-0.25, -0.2) is 4.79 Å². The molecule has 1 N–H and O–H groups in total. The van der Waals surface area contributed by atoms with Crippen molar-refractivity contribution in [2.24, 2.45) is 0 Å². The lowest BCUT2D eigenvalue weighted by Crippen LogP contribution is -2.04. The van der Waals surface area contributed by atoms with Crippen LogP contribution in [0.15, 0.2) is 36.4 Å². The molecule has 0 spiro atoms. The average Bonchev–Trinajstić information content (AvgIpc) is 2.85. The number of esters is 1. The van der Waals surface area contributed by atoms with Crippen molar-refractivity contribution in [3.63, 3.8) is 0 Å². The minimum Gasteiger partial charge on any atom is -0.465 e. The first-order valence-electron chi connectivity index (χ1n) is 6.40. The number of rotatable bonds is 2. The number of fused-ring (bicyclic) bond motifs is 1. The average molecular weight is 302 g/mol. The third-order valence-electron chi connectivity index (χ3n) is 3.44. The first kappa shape index (κ1) is 13.6. The number of halogens is 1. The molecule has 3 rings (SSSR count). The molecule has 106 valence electrons. The van der Waals surface area contributed by atoms with E-state index in [0.29, 0.717) is 22.6 Å². The highest BCUT2D eigenvalue weighted by atomic mass is 35.5. The van der Waals surface area contributed by atoms with E-state index in [1.54, 1.807) is 18.2 Å². The monoisotopic (exact) mass is 301 g/mol. The number of hydrogen-bond acceptors (Lipinski definition) is 3. The van der Waals surface area contributed by atoms with Crippen LogP contribution in [-0.2, 0) is 16.0 Å². The summed E-state index contributed by atoms with van der Waals surface area (Å²) in [5, 5.41) is 3.24. The van der Waals surface area contributed by atoms with Crippen molar-refractivity contribution in [1.29, 1.82) is 0 Å². The van der Waals surface area contributed by atoms with E-state index in [0.717, 1.165) is 16.8 Å². The number of amides is 1. The second-order valence-electron chi connectivity index (χ2n) is 4.75. The maximum absolute atomic E-state index is 11.9. The van der Waals surface area contributed by atoms with Crippen molar-refractivity contribution in [1.82, 2.24) is 0 Å². The molecular weight excluding hydrogens is 290 g/mol. The summed E-state index contributed by atoms with van der Waals surface area (Å²) in [6.45, 7) is 0. The van der Waals surface area contributed by atoms with Gasteiger partial charge in [0.2, 0.25) is 5.91 Å². The van der Waals surface area contributed by atoms with Gasteiger partial charge in [0, 0.05) is 16.3 Å². The molecule has 1 amide bonds. The van der Waals surface area contributed by atoms with Crippen molar-refractivity contribution in [3.05, 3.63) is 52.5 Å². The highest BCUT2D eigenvalue weighted by Gasteiger charge is 2.21. The van der Waals surface area contributed by atoms with Crippen LogP contribution in [0.2, 0.25) is 5.02 Å². The van der Waals surface area contributed by atoms with Crippen molar-refractivity contribution >= 4 is 29.2 Å². The summed E-state index contributed by atoms with van der Waals surface area (Å²) in [6, 6.07) is 10.6. The Kier molecular flexibility index (Phi) is 3.39. The van der Waals surface area contributed by atoms with Gasteiger partial charge < -0.3 is 10.1 Å². The van der Waals surface area contributed by atoms with Gasteiger partial charge in [0.25, 0.3) is 0 Å². The van der Waals surface area contributed by atoms with Crippen molar-refractivity contribution < 1.29 is 14.3 Å². The van der Waals surface area contributed by atoms with Gasteiger partial charge in [0.05, 0.1) is 19.1 Å². The van der Waals surface area contributed by atoms with Crippen LogP contribution in [-0.4, -0.2) is 19.0 Å². The van der Waals surface area contributed by atoms with Crippen molar-refractivity contribution in [2.75, 3.05) is 12.4 Å². The fourth-order valence-electron chi connectivity index (χ4n) is 2.48. The summed E-state index contributed by atoms with van der Waals surface area (Å²) >= 11 is 6.25.